The first-order valence-corrected chi connectivity index (χ1v) is 8.83. The molecule has 0 spiro atoms. The summed E-state index contributed by atoms with van der Waals surface area (Å²) in [6, 6.07) is 2.94. The molecule has 0 fully saturated rings. The van der Waals surface area contributed by atoms with E-state index in [9.17, 15) is 26.4 Å². The fourth-order valence-corrected chi connectivity index (χ4v) is 2.63. The van der Waals surface area contributed by atoms with Crippen LogP contribution in [0, 0.1) is 0 Å². The van der Waals surface area contributed by atoms with Gasteiger partial charge in [0.05, 0.1) is 6.61 Å². The Morgan fingerprint density at radius 2 is 1.92 bits per heavy atom. The summed E-state index contributed by atoms with van der Waals surface area (Å²) in [5.74, 6) is -1.40. The van der Waals surface area contributed by atoms with Crippen LogP contribution in [0.15, 0.2) is 18.2 Å². The molecule has 142 valence electrons. The summed E-state index contributed by atoms with van der Waals surface area (Å²) in [5, 5.41) is 2.10. The lowest BCUT2D eigenvalue weighted by Gasteiger charge is -2.24. The fraction of sp³-hybridized carbons (Fsp3) is 0.571. The molecule has 11 heteroatoms. The van der Waals surface area contributed by atoms with E-state index in [0.29, 0.717) is 6.61 Å². The van der Waals surface area contributed by atoms with Crippen LogP contribution in [0.2, 0.25) is 0 Å². The van der Waals surface area contributed by atoms with Crippen LogP contribution < -0.4 is 10.0 Å². The van der Waals surface area contributed by atoms with Crippen LogP contribution in [-0.4, -0.2) is 43.8 Å². The summed E-state index contributed by atoms with van der Waals surface area (Å²) >= 11 is 0. The van der Waals surface area contributed by atoms with Crippen molar-refractivity contribution < 1.29 is 31.1 Å². The highest BCUT2D eigenvalue weighted by molar-refractivity contribution is 7.91. The van der Waals surface area contributed by atoms with Gasteiger partial charge in [0, 0.05) is 13.2 Å². The summed E-state index contributed by atoms with van der Waals surface area (Å²) in [4.78, 5) is 15.5. The van der Waals surface area contributed by atoms with E-state index in [-0.39, 0.29) is 13.2 Å². The van der Waals surface area contributed by atoms with Gasteiger partial charge in [-0.1, -0.05) is 6.07 Å². The van der Waals surface area contributed by atoms with Crippen LogP contribution in [0.4, 0.5) is 19.0 Å². The number of aromatic nitrogens is 1. The summed E-state index contributed by atoms with van der Waals surface area (Å²) in [6.07, 6.45) is -4.68. The van der Waals surface area contributed by atoms with Crippen LogP contribution in [0.25, 0.3) is 0 Å². The molecule has 0 aromatic carbocycles. The van der Waals surface area contributed by atoms with Gasteiger partial charge in [0.15, 0.2) is 4.75 Å². The maximum Gasteiger partial charge on any atom is 0.433 e. The average molecular weight is 383 g/mol. The molecular formula is C14H20F3N3O4S. The second kappa shape index (κ2) is 8.11. The lowest BCUT2D eigenvalue weighted by atomic mass is 10.2. The van der Waals surface area contributed by atoms with E-state index in [2.05, 4.69) is 15.0 Å². The molecule has 0 bridgehead atoms. The first-order valence-electron chi connectivity index (χ1n) is 7.34. The van der Waals surface area contributed by atoms with Gasteiger partial charge < -0.3 is 10.1 Å². The van der Waals surface area contributed by atoms with Gasteiger partial charge in [-0.2, -0.15) is 13.2 Å². The fourth-order valence-electron chi connectivity index (χ4n) is 1.62. The minimum absolute atomic E-state index is 0.0330. The zero-order chi connectivity index (χ0) is 19.3. The van der Waals surface area contributed by atoms with Crippen LogP contribution in [0.5, 0.6) is 0 Å². The van der Waals surface area contributed by atoms with E-state index in [1.54, 1.807) is 6.92 Å². The number of anilines is 1. The first kappa shape index (κ1) is 21.3. The number of halogens is 3. The number of nitrogens with zero attached hydrogens (tertiary/aromatic N) is 1. The van der Waals surface area contributed by atoms with Crippen molar-refractivity contribution in [1.82, 2.24) is 9.71 Å². The van der Waals surface area contributed by atoms with Crippen LogP contribution in [-0.2, 0) is 25.7 Å². The predicted octanol–water partition coefficient (Wildman–Crippen LogP) is 1.77. The molecule has 1 aromatic heterocycles. The number of hydrogen-bond donors (Lipinski definition) is 2. The van der Waals surface area contributed by atoms with Gasteiger partial charge >= 0.3 is 6.18 Å². The number of alkyl halides is 3. The van der Waals surface area contributed by atoms with Crippen molar-refractivity contribution in [2.24, 2.45) is 0 Å². The third-order valence-electron chi connectivity index (χ3n) is 3.24. The Bertz CT molecular complexity index is 706. The SMILES string of the molecule is CCOCCNS(=O)(=O)C(C)(C)C(=O)Nc1cccc(C(F)(F)F)n1. The van der Waals surface area contributed by atoms with E-state index in [4.69, 9.17) is 4.74 Å². The van der Waals surface area contributed by atoms with Gasteiger partial charge in [0.2, 0.25) is 15.9 Å². The Labute approximate surface area is 144 Å². The molecule has 0 saturated heterocycles. The third-order valence-corrected chi connectivity index (χ3v) is 5.36. The number of hydrogen-bond acceptors (Lipinski definition) is 5. The highest BCUT2D eigenvalue weighted by atomic mass is 32.2. The third kappa shape index (κ3) is 5.65. The predicted molar refractivity (Wildman–Crippen MR) is 85.4 cm³/mol. The van der Waals surface area contributed by atoms with Crippen LogP contribution >= 0.6 is 0 Å². The standard InChI is InChI=1S/C14H20F3N3O4S/c1-4-24-9-8-18-25(22,23)13(2,3)12(21)20-11-7-5-6-10(19-11)14(15,16)17/h5-7,18H,4,8-9H2,1-3H3,(H,19,20,21). The summed E-state index contributed by atoms with van der Waals surface area (Å²) in [7, 11) is -4.09. The second-order valence-electron chi connectivity index (χ2n) is 5.46. The smallest absolute Gasteiger partial charge is 0.380 e. The lowest BCUT2D eigenvalue weighted by Crippen LogP contribution is -2.50. The number of amides is 1. The topological polar surface area (TPSA) is 97.4 Å². The number of ether oxygens (including phenoxy) is 1. The van der Waals surface area contributed by atoms with Crippen molar-refractivity contribution in [3.63, 3.8) is 0 Å². The molecule has 0 radical (unpaired) electrons. The van der Waals surface area contributed by atoms with Gasteiger partial charge in [-0.3, -0.25) is 4.79 Å². The number of rotatable bonds is 8. The maximum atomic E-state index is 12.6. The Morgan fingerprint density at radius 3 is 2.48 bits per heavy atom. The number of pyridine rings is 1. The van der Waals surface area contributed by atoms with E-state index >= 15 is 0 Å². The summed E-state index contributed by atoms with van der Waals surface area (Å²) < 4.78 is 67.7. The molecule has 0 aliphatic rings. The van der Waals surface area contributed by atoms with Crippen LogP contribution in [0.3, 0.4) is 0 Å². The Morgan fingerprint density at radius 1 is 1.28 bits per heavy atom. The Balaban J connectivity index is 2.87. The Hall–Kier alpha value is -1.72. The zero-order valence-corrected chi connectivity index (χ0v) is 14.8. The summed E-state index contributed by atoms with van der Waals surface area (Å²) in [5.41, 5.74) is -1.19. The van der Waals surface area contributed by atoms with Crippen molar-refractivity contribution >= 4 is 21.7 Å². The molecule has 1 rings (SSSR count). The van der Waals surface area contributed by atoms with Gasteiger partial charge in [-0.05, 0) is 32.9 Å². The number of carbonyl (C=O) groups excluding carboxylic acids is 1. The lowest BCUT2D eigenvalue weighted by molar-refractivity contribution is -0.141. The minimum Gasteiger partial charge on any atom is -0.380 e. The molecule has 0 aliphatic carbocycles. The molecule has 0 saturated carbocycles. The van der Waals surface area contributed by atoms with Crippen molar-refractivity contribution in [2.45, 2.75) is 31.7 Å². The van der Waals surface area contributed by atoms with E-state index in [0.717, 1.165) is 32.0 Å². The molecular weight excluding hydrogens is 363 g/mol. The highest BCUT2D eigenvalue weighted by Gasteiger charge is 2.42. The summed E-state index contributed by atoms with van der Waals surface area (Å²) in [6.45, 7) is 4.52. The Kier molecular flexibility index (Phi) is 6.91. The second-order valence-corrected chi connectivity index (χ2v) is 7.78. The zero-order valence-electron chi connectivity index (χ0n) is 14.0. The molecule has 1 heterocycles. The quantitative estimate of drug-likeness (QED) is 0.667. The number of nitrogens with one attached hydrogen (secondary N) is 2. The normalized spacial score (nSPS) is 12.9. The van der Waals surface area contributed by atoms with E-state index in [1.807, 2.05) is 0 Å². The van der Waals surface area contributed by atoms with Gasteiger partial charge in [0.25, 0.3) is 0 Å². The van der Waals surface area contributed by atoms with E-state index < -0.39 is 38.4 Å². The highest BCUT2D eigenvalue weighted by Crippen LogP contribution is 2.28. The van der Waals surface area contributed by atoms with Crippen molar-refractivity contribution in [2.75, 3.05) is 25.1 Å². The molecule has 1 amide bonds. The number of carbonyl (C=O) groups is 1. The van der Waals surface area contributed by atoms with Gasteiger partial charge in [-0.15, -0.1) is 0 Å². The maximum absolute atomic E-state index is 12.6. The van der Waals surface area contributed by atoms with Crippen molar-refractivity contribution in [3.8, 4) is 0 Å². The monoisotopic (exact) mass is 383 g/mol. The average Bonchev–Trinajstić information content (AvgIpc) is 2.50. The van der Waals surface area contributed by atoms with Crippen molar-refractivity contribution in [1.29, 1.82) is 0 Å². The van der Waals surface area contributed by atoms with Crippen molar-refractivity contribution in [3.05, 3.63) is 23.9 Å². The minimum atomic E-state index is -4.68. The molecule has 0 atom stereocenters. The molecule has 2 N–H and O–H groups in total. The van der Waals surface area contributed by atoms with Crippen LogP contribution in [0.1, 0.15) is 26.5 Å². The largest absolute Gasteiger partial charge is 0.433 e. The molecule has 7 nitrogen and oxygen atoms in total. The number of sulfonamides is 1. The van der Waals surface area contributed by atoms with Gasteiger partial charge in [0.1, 0.15) is 11.5 Å². The van der Waals surface area contributed by atoms with E-state index in [1.165, 1.54) is 0 Å². The molecule has 25 heavy (non-hydrogen) atoms. The molecule has 0 aliphatic heterocycles. The molecule has 0 unspecified atom stereocenters. The molecule has 1 aromatic rings. The van der Waals surface area contributed by atoms with Gasteiger partial charge in [-0.25, -0.2) is 18.1 Å². The first-order chi connectivity index (χ1) is 11.4.